The van der Waals surface area contributed by atoms with Gasteiger partial charge in [-0.05, 0) is 12.5 Å². The number of nitro groups is 1. The molecule has 1 fully saturated rings. The van der Waals surface area contributed by atoms with Gasteiger partial charge >= 0.3 is 0 Å². The van der Waals surface area contributed by atoms with Crippen molar-refractivity contribution in [3.05, 3.63) is 33.3 Å². The minimum Gasteiger partial charge on any atom is -0.484 e. The maximum Gasteiger partial charge on any atom is 0.288 e. The van der Waals surface area contributed by atoms with Gasteiger partial charge < -0.3 is 14.4 Å². The van der Waals surface area contributed by atoms with Crippen LogP contribution >= 0.6 is 11.6 Å². The smallest absolute Gasteiger partial charge is 0.288 e. The Hall–Kier alpha value is -1.86. The number of halogens is 1. The molecule has 0 saturated carbocycles. The molecule has 7 nitrogen and oxygen atoms in total. The van der Waals surface area contributed by atoms with E-state index in [9.17, 15) is 14.9 Å². The van der Waals surface area contributed by atoms with E-state index in [-0.39, 0.29) is 29.3 Å². The summed E-state index contributed by atoms with van der Waals surface area (Å²) >= 11 is 5.79. The van der Waals surface area contributed by atoms with E-state index in [0.717, 1.165) is 6.42 Å². The van der Waals surface area contributed by atoms with Crippen molar-refractivity contribution >= 4 is 23.2 Å². The highest BCUT2D eigenvalue weighted by molar-refractivity contribution is 6.32. The molecule has 8 heteroatoms. The fourth-order valence-electron chi connectivity index (χ4n) is 2.15. The van der Waals surface area contributed by atoms with Crippen LogP contribution in [0.2, 0.25) is 5.02 Å². The summed E-state index contributed by atoms with van der Waals surface area (Å²) < 4.78 is 10.9. The standard InChI is InChI=1S/C14H17ClN2O5/c1-2-10-8-16(5-6-21-10)14(18)9-22-11-3-4-13(17(19)20)12(15)7-11/h3-4,7,10H,2,5-6,8-9H2,1H3. The highest BCUT2D eigenvalue weighted by Crippen LogP contribution is 2.28. The van der Waals surface area contributed by atoms with Crippen LogP contribution in [-0.4, -0.2) is 48.1 Å². The lowest BCUT2D eigenvalue weighted by Gasteiger charge is -2.32. The molecule has 1 amide bonds. The van der Waals surface area contributed by atoms with Crippen molar-refractivity contribution in [1.29, 1.82) is 0 Å². The maximum atomic E-state index is 12.1. The number of nitro benzene ring substituents is 1. The van der Waals surface area contributed by atoms with E-state index >= 15 is 0 Å². The number of amides is 1. The first-order valence-electron chi connectivity index (χ1n) is 6.97. The molecule has 1 aromatic rings. The molecule has 1 saturated heterocycles. The molecule has 0 N–H and O–H groups in total. The summed E-state index contributed by atoms with van der Waals surface area (Å²) in [5, 5.41) is 10.7. The molecule has 0 spiro atoms. The Kier molecular flexibility index (Phi) is 5.57. The number of carbonyl (C=O) groups is 1. The minimum atomic E-state index is -0.574. The third-order valence-electron chi connectivity index (χ3n) is 3.42. The van der Waals surface area contributed by atoms with Crippen molar-refractivity contribution < 1.29 is 19.2 Å². The van der Waals surface area contributed by atoms with E-state index in [2.05, 4.69) is 0 Å². The van der Waals surface area contributed by atoms with Crippen LogP contribution in [0.1, 0.15) is 13.3 Å². The Bertz CT molecular complexity index is 566. The van der Waals surface area contributed by atoms with Crippen LogP contribution in [0.5, 0.6) is 5.75 Å². The average molecular weight is 329 g/mol. The first-order valence-corrected chi connectivity index (χ1v) is 7.35. The zero-order valence-corrected chi connectivity index (χ0v) is 12.9. The van der Waals surface area contributed by atoms with Crippen molar-refractivity contribution in [2.75, 3.05) is 26.3 Å². The first-order chi connectivity index (χ1) is 10.5. The van der Waals surface area contributed by atoms with Gasteiger partial charge in [-0.25, -0.2) is 0 Å². The Balaban J connectivity index is 1.91. The molecule has 22 heavy (non-hydrogen) atoms. The van der Waals surface area contributed by atoms with Gasteiger partial charge in [-0.15, -0.1) is 0 Å². The lowest BCUT2D eigenvalue weighted by Crippen LogP contribution is -2.47. The third-order valence-corrected chi connectivity index (χ3v) is 3.73. The second-order valence-electron chi connectivity index (χ2n) is 4.90. The summed E-state index contributed by atoms with van der Waals surface area (Å²) in [5.41, 5.74) is -0.195. The van der Waals surface area contributed by atoms with Gasteiger partial charge in [-0.2, -0.15) is 0 Å². The van der Waals surface area contributed by atoms with Gasteiger partial charge in [0.1, 0.15) is 10.8 Å². The van der Waals surface area contributed by atoms with E-state index in [0.29, 0.717) is 25.4 Å². The van der Waals surface area contributed by atoms with E-state index in [1.165, 1.54) is 18.2 Å². The highest BCUT2D eigenvalue weighted by Gasteiger charge is 2.23. The van der Waals surface area contributed by atoms with Gasteiger partial charge in [0, 0.05) is 25.2 Å². The summed E-state index contributed by atoms with van der Waals surface area (Å²) in [4.78, 5) is 23.9. The van der Waals surface area contributed by atoms with Crippen LogP contribution in [0.3, 0.4) is 0 Å². The molecule has 120 valence electrons. The fraction of sp³-hybridized carbons (Fsp3) is 0.500. The number of morpholine rings is 1. The number of benzene rings is 1. The highest BCUT2D eigenvalue weighted by atomic mass is 35.5. The molecule has 0 aliphatic carbocycles. The Morgan fingerprint density at radius 2 is 2.36 bits per heavy atom. The average Bonchev–Trinajstić information content (AvgIpc) is 2.52. The molecular weight excluding hydrogens is 312 g/mol. The summed E-state index contributed by atoms with van der Waals surface area (Å²) in [5.74, 6) is 0.181. The molecule has 1 aromatic carbocycles. The second-order valence-corrected chi connectivity index (χ2v) is 5.31. The number of hydrogen-bond donors (Lipinski definition) is 0. The SMILES string of the molecule is CCC1CN(C(=O)COc2ccc([N+](=O)[O-])c(Cl)c2)CCO1. The van der Waals surface area contributed by atoms with Crippen LogP contribution in [0, 0.1) is 10.1 Å². The summed E-state index contributed by atoms with van der Waals surface area (Å²) in [7, 11) is 0. The first kappa shape index (κ1) is 16.5. The zero-order valence-electron chi connectivity index (χ0n) is 12.2. The number of carbonyl (C=O) groups excluding carboxylic acids is 1. The number of hydrogen-bond acceptors (Lipinski definition) is 5. The zero-order chi connectivity index (χ0) is 16.1. The van der Waals surface area contributed by atoms with Gasteiger partial charge in [0.25, 0.3) is 11.6 Å². The van der Waals surface area contributed by atoms with Crippen LogP contribution in [0.15, 0.2) is 18.2 Å². The molecule has 1 atom stereocenters. The van der Waals surface area contributed by atoms with Gasteiger partial charge in [0.05, 0.1) is 17.6 Å². The van der Waals surface area contributed by atoms with E-state index in [1.807, 2.05) is 6.92 Å². The van der Waals surface area contributed by atoms with Gasteiger partial charge in [-0.1, -0.05) is 18.5 Å². The van der Waals surface area contributed by atoms with Crippen LogP contribution in [0.4, 0.5) is 5.69 Å². The van der Waals surface area contributed by atoms with E-state index < -0.39 is 4.92 Å². The molecule has 1 aliphatic rings. The van der Waals surface area contributed by atoms with Gasteiger partial charge in [0.2, 0.25) is 0 Å². The maximum absolute atomic E-state index is 12.1. The van der Waals surface area contributed by atoms with Crippen molar-refractivity contribution in [3.63, 3.8) is 0 Å². The number of ether oxygens (including phenoxy) is 2. The summed E-state index contributed by atoms with van der Waals surface area (Å²) in [6.07, 6.45) is 0.911. The third kappa shape index (κ3) is 4.08. The molecule has 2 rings (SSSR count). The largest absolute Gasteiger partial charge is 0.484 e. The molecule has 1 aliphatic heterocycles. The molecule has 1 heterocycles. The number of nitrogens with zero attached hydrogens (tertiary/aromatic N) is 2. The van der Waals surface area contributed by atoms with Crippen molar-refractivity contribution in [2.45, 2.75) is 19.4 Å². The van der Waals surface area contributed by atoms with Crippen molar-refractivity contribution in [2.24, 2.45) is 0 Å². The predicted molar refractivity (Wildman–Crippen MR) is 80.2 cm³/mol. The van der Waals surface area contributed by atoms with Crippen LogP contribution < -0.4 is 4.74 Å². The topological polar surface area (TPSA) is 81.9 Å². The quantitative estimate of drug-likeness (QED) is 0.611. The van der Waals surface area contributed by atoms with Crippen LogP contribution in [-0.2, 0) is 9.53 Å². The molecule has 1 unspecified atom stereocenters. The lowest BCUT2D eigenvalue weighted by molar-refractivity contribution is -0.384. The van der Waals surface area contributed by atoms with E-state index in [1.54, 1.807) is 4.90 Å². The normalized spacial score (nSPS) is 18.1. The van der Waals surface area contributed by atoms with E-state index in [4.69, 9.17) is 21.1 Å². The van der Waals surface area contributed by atoms with Crippen LogP contribution in [0.25, 0.3) is 0 Å². The molecule has 0 radical (unpaired) electrons. The Labute approximate surface area is 132 Å². The van der Waals surface area contributed by atoms with Gasteiger partial charge in [-0.3, -0.25) is 14.9 Å². The fourth-order valence-corrected chi connectivity index (χ4v) is 2.39. The molecular formula is C14H17ClN2O5. The monoisotopic (exact) mass is 328 g/mol. The van der Waals surface area contributed by atoms with Crippen molar-refractivity contribution in [3.8, 4) is 5.75 Å². The number of rotatable bonds is 5. The second kappa shape index (κ2) is 7.42. The Morgan fingerprint density at radius 3 is 3.00 bits per heavy atom. The molecule has 0 aromatic heterocycles. The lowest BCUT2D eigenvalue weighted by atomic mass is 10.2. The summed E-state index contributed by atoms with van der Waals surface area (Å²) in [6, 6.07) is 4.01. The van der Waals surface area contributed by atoms with Crippen molar-refractivity contribution in [1.82, 2.24) is 4.90 Å². The molecule has 0 bridgehead atoms. The Morgan fingerprint density at radius 1 is 1.59 bits per heavy atom. The minimum absolute atomic E-state index is 0.0210. The van der Waals surface area contributed by atoms with Gasteiger partial charge in [0.15, 0.2) is 6.61 Å². The summed E-state index contributed by atoms with van der Waals surface area (Å²) in [6.45, 7) is 3.49. The predicted octanol–water partition coefficient (Wildman–Crippen LogP) is 2.26.